The fourth-order valence-corrected chi connectivity index (χ4v) is 2.63. The molecule has 1 aliphatic rings. The van der Waals surface area contributed by atoms with Gasteiger partial charge in [0.15, 0.2) is 0 Å². The number of benzene rings is 1. The van der Waals surface area contributed by atoms with Crippen molar-refractivity contribution in [2.75, 3.05) is 19.6 Å². The maximum absolute atomic E-state index is 9.88. The van der Waals surface area contributed by atoms with Gasteiger partial charge >= 0.3 is 0 Å². The molecule has 2 nitrogen and oxygen atoms in total. The van der Waals surface area contributed by atoms with Crippen molar-refractivity contribution in [3.8, 4) is 5.75 Å². The number of fused-ring (bicyclic) bond motifs is 1. The van der Waals surface area contributed by atoms with Gasteiger partial charge in [-0.05, 0) is 35.4 Å². The minimum absolute atomic E-state index is 0.346. The Morgan fingerprint density at radius 3 is 2.59 bits per heavy atom. The molecule has 2 rings (SSSR count). The molecule has 0 saturated carbocycles. The summed E-state index contributed by atoms with van der Waals surface area (Å²) in [7, 11) is 0. The lowest BCUT2D eigenvalue weighted by atomic mass is 9.96. The van der Waals surface area contributed by atoms with E-state index in [1.165, 1.54) is 5.56 Å². The molecular formula is C15H23NO. The van der Waals surface area contributed by atoms with E-state index in [1.54, 1.807) is 6.07 Å². The van der Waals surface area contributed by atoms with E-state index in [-0.39, 0.29) is 0 Å². The zero-order chi connectivity index (χ0) is 12.5. The Bertz CT molecular complexity index is 392. The number of hydrogen-bond acceptors (Lipinski definition) is 2. The van der Waals surface area contributed by atoms with Crippen LogP contribution < -0.4 is 0 Å². The van der Waals surface area contributed by atoms with Crippen molar-refractivity contribution < 1.29 is 5.11 Å². The van der Waals surface area contributed by atoms with E-state index in [4.69, 9.17) is 0 Å². The van der Waals surface area contributed by atoms with Gasteiger partial charge in [0.2, 0.25) is 0 Å². The van der Waals surface area contributed by atoms with E-state index in [9.17, 15) is 5.11 Å². The third kappa shape index (κ3) is 3.22. The van der Waals surface area contributed by atoms with Crippen LogP contribution in [0.1, 0.15) is 31.9 Å². The van der Waals surface area contributed by atoms with Gasteiger partial charge in [-0.2, -0.15) is 0 Å². The molecule has 0 fully saturated rings. The molecule has 0 aliphatic carbocycles. The molecule has 1 heterocycles. The molecule has 94 valence electrons. The summed E-state index contributed by atoms with van der Waals surface area (Å²) in [5.41, 5.74) is 2.82. The van der Waals surface area contributed by atoms with Gasteiger partial charge in [0.25, 0.3) is 0 Å². The van der Waals surface area contributed by atoms with Crippen LogP contribution in [0.5, 0.6) is 5.75 Å². The Balaban J connectivity index is 2.09. The van der Waals surface area contributed by atoms with Crippen molar-refractivity contribution >= 4 is 0 Å². The van der Waals surface area contributed by atoms with Crippen LogP contribution in [-0.4, -0.2) is 29.6 Å². The van der Waals surface area contributed by atoms with Gasteiger partial charge in [0, 0.05) is 19.6 Å². The fourth-order valence-electron chi connectivity index (χ4n) is 2.63. The third-order valence-electron chi connectivity index (χ3n) is 3.32. The second kappa shape index (κ2) is 4.69. The van der Waals surface area contributed by atoms with Gasteiger partial charge in [0.05, 0.1) is 0 Å². The highest BCUT2D eigenvalue weighted by Crippen LogP contribution is 2.26. The van der Waals surface area contributed by atoms with Crippen molar-refractivity contribution in [2.24, 2.45) is 5.41 Å². The maximum atomic E-state index is 9.88. The van der Waals surface area contributed by atoms with Crippen molar-refractivity contribution in [2.45, 2.75) is 33.6 Å². The largest absolute Gasteiger partial charge is 0.508 e. The summed E-state index contributed by atoms with van der Waals surface area (Å²) in [5.74, 6) is 0.472. The van der Waals surface area contributed by atoms with Crippen LogP contribution >= 0.6 is 0 Å². The van der Waals surface area contributed by atoms with Crippen LogP contribution in [0.2, 0.25) is 0 Å². The zero-order valence-corrected chi connectivity index (χ0v) is 11.2. The molecule has 0 unspecified atom stereocenters. The standard InChI is InChI=1S/C15H23NO/c1-15(2,3)11-16-9-7-12-5-4-6-14(17)13(12)8-10-16/h4-6,17H,7-11H2,1-3H3. The number of hydrogen-bond donors (Lipinski definition) is 1. The lowest BCUT2D eigenvalue weighted by Crippen LogP contribution is -2.34. The smallest absolute Gasteiger partial charge is 0.119 e. The van der Waals surface area contributed by atoms with Crippen LogP contribution in [-0.2, 0) is 12.8 Å². The first-order valence-corrected chi connectivity index (χ1v) is 6.48. The average Bonchev–Trinajstić information content (AvgIpc) is 2.40. The number of nitrogens with zero attached hydrogens (tertiary/aromatic N) is 1. The second-order valence-corrected chi connectivity index (χ2v) is 6.25. The molecule has 1 aliphatic heterocycles. The number of phenolic OH excluding ortho intramolecular Hbond substituents is 1. The Hall–Kier alpha value is -1.02. The summed E-state index contributed by atoms with van der Waals surface area (Å²) in [6.45, 7) is 10.1. The van der Waals surface area contributed by atoms with E-state index >= 15 is 0 Å². The van der Waals surface area contributed by atoms with E-state index in [0.717, 1.165) is 38.0 Å². The topological polar surface area (TPSA) is 23.5 Å². The predicted molar refractivity (Wildman–Crippen MR) is 71.4 cm³/mol. The first kappa shape index (κ1) is 12.4. The quantitative estimate of drug-likeness (QED) is 0.806. The minimum atomic E-state index is 0.346. The van der Waals surface area contributed by atoms with Crippen molar-refractivity contribution in [3.05, 3.63) is 29.3 Å². The molecule has 0 amide bonds. The number of rotatable bonds is 1. The molecule has 0 spiro atoms. The maximum Gasteiger partial charge on any atom is 0.119 e. The van der Waals surface area contributed by atoms with Crippen LogP contribution in [0.4, 0.5) is 0 Å². The predicted octanol–water partition coefficient (Wildman–Crippen LogP) is 2.84. The molecule has 0 bridgehead atoms. The first-order valence-electron chi connectivity index (χ1n) is 6.48. The first-order chi connectivity index (χ1) is 7.96. The highest BCUT2D eigenvalue weighted by molar-refractivity contribution is 5.40. The van der Waals surface area contributed by atoms with E-state index in [0.29, 0.717) is 11.2 Å². The van der Waals surface area contributed by atoms with Crippen LogP contribution in [0, 0.1) is 5.41 Å². The molecule has 0 atom stereocenters. The SMILES string of the molecule is CC(C)(C)CN1CCc2cccc(O)c2CC1. The van der Waals surface area contributed by atoms with Crippen LogP contribution in [0.15, 0.2) is 18.2 Å². The molecule has 1 N–H and O–H groups in total. The van der Waals surface area contributed by atoms with Crippen molar-refractivity contribution in [3.63, 3.8) is 0 Å². The summed E-state index contributed by atoms with van der Waals surface area (Å²) >= 11 is 0. The van der Waals surface area contributed by atoms with Gasteiger partial charge in [-0.25, -0.2) is 0 Å². The Kier molecular flexibility index (Phi) is 3.43. The molecular weight excluding hydrogens is 210 g/mol. The summed E-state index contributed by atoms with van der Waals surface area (Å²) in [5, 5.41) is 9.88. The highest BCUT2D eigenvalue weighted by atomic mass is 16.3. The molecule has 0 radical (unpaired) electrons. The molecule has 0 aromatic heterocycles. The van der Waals surface area contributed by atoms with E-state index in [1.807, 2.05) is 6.07 Å². The monoisotopic (exact) mass is 233 g/mol. The number of aromatic hydroxyl groups is 1. The molecule has 2 heteroatoms. The normalized spacial score (nSPS) is 17.6. The van der Waals surface area contributed by atoms with Crippen molar-refractivity contribution in [1.82, 2.24) is 4.90 Å². The summed E-state index contributed by atoms with van der Waals surface area (Å²) in [6, 6.07) is 5.90. The molecule has 1 aromatic carbocycles. The van der Waals surface area contributed by atoms with E-state index < -0.39 is 0 Å². The Labute approximate surface area is 104 Å². The van der Waals surface area contributed by atoms with Crippen LogP contribution in [0.3, 0.4) is 0 Å². The van der Waals surface area contributed by atoms with Gasteiger partial charge in [0.1, 0.15) is 5.75 Å². The lowest BCUT2D eigenvalue weighted by molar-refractivity contribution is 0.198. The van der Waals surface area contributed by atoms with Gasteiger partial charge in [-0.1, -0.05) is 32.9 Å². The summed E-state index contributed by atoms with van der Waals surface area (Å²) in [6.07, 6.45) is 2.03. The molecule has 1 aromatic rings. The lowest BCUT2D eigenvalue weighted by Gasteiger charge is -2.28. The highest BCUT2D eigenvalue weighted by Gasteiger charge is 2.20. The molecule has 0 saturated heterocycles. The van der Waals surface area contributed by atoms with Gasteiger partial charge in [-0.15, -0.1) is 0 Å². The summed E-state index contributed by atoms with van der Waals surface area (Å²) < 4.78 is 0. The van der Waals surface area contributed by atoms with Crippen molar-refractivity contribution in [1.29, 1.82) is 0 Å². The molecule has 17 heavy (non-hydrogen) atoms. The van der Waals surface area contributed by atoms with E-state index in [2.05, 4.69) is 31.7 Å². The minimum Gasteiger partial charge on any atom is -0.508 e. The van der Waals surface area contributed by atoms with Gasteiger partial charge < -0.3 is 10.0 Å². The Morgan fingerprint density at radius 2 is 1.88 bits per heavy atom. The van der Waals surface area contributed by atoms with Gasteiger partial charge in [-0.3, -0.25) is 0 Å². The summed E-state index contributed by atoms with van der Waals surface area (Å²) in [4.78, 5) is 2.51. The average molecular weight is 233 g/mol. The fraction of sp³-hybridized carbons (Fsp3) is 0.600. The number of phenols is 1. The third-order valence-corrected chi connectivity index (χ3v) is 3.32. The zero-order valence-electron chi connectivity index (χ0n) is 11.2. The Morgan fingerprint density at radius 1 is 1.18 bits per heavy atom. The van der Waals surface area contributed by atoms with Crippen LogP contribution in [0.25, 0.3) is 0 Å². The second-order valence-electron chi connectivity index (χ2n) is 6.25.